The summed E-state index contributed by atoms with van der Waals surface area (Å²) in [6.45, 7) is 3.74. The third-order valence-corrected chi connectivity index (χ3v) is 5.78. The first-order valence-electron chi connectivity index (χ1n) is 9.53. The van der Waals surface area contributed by atoms with Gasteiger partial charge in [-0.05, 0) is 43.2 Å². The summed E-state index contributed by atoms with van der Waals surface area (Å²) in [4.78, 5) is 31.2. The van der Waals surface area contributed by atoms with E-state index in [4.69, 9.17) is 4.74 Å². The number of fused-ring (bicyclic) bond motifs is 1. The number of hydrogen-bond donors (Lipinski definition) is 1. The van der Waals surface area contributed by atoms with Crippen molar-refractivity contribution in [1.82, 2.24) is 4.57 Å². The van der Waals surface area contributed by atoms with Crippen molar-refractivity contribution in [1.29, 1.82) is 0 Å². The highest BCUT2D eigenvalue weighted by Gasteiger charge is 2.33. The third kappa shape index (κ3) is 3.59. The molecule has 2 aromatic carbocycles. The molecule has 1 atom stereocenters. The van der Waals surface area contributed by atoms with E-state index in [9.17, 15) is 14.7 Å². The van der Waals surface area contributed by atoms with E-state index < -0.39 is 12.0 Å². The van der Waals surface area contributed by atoms with E-state index >= 15 is 0 Å². The lowest BCUT2D eigenvalue weighted by atomic mass is 9.96. The largest absolute Gasteiger partial charge is 0.508 e. The number of thiazole rings is 1. The van der Waals surface area contributed by atoms with E-state index in [-0.39, 0.29) is 17.9 Å². The maximum absolute atomic E-state index is 13.4. The van der Waals surface area contributed by atoms with Gasteiger partial charge in [0.05, 0.1) is 28.5 Å². The van der Waals surface area contributed by atoms with Crippen LogP contribution < -0.4 is 14.9 Å². The number of ether oxygens (including phenoxy) is 1. The first kappa shape index (κ1) is 19.8. The zero-order chi connectivity index (χ0) is 21.3. The molecule has 30 heavy (non-hydrogen) atoms. The van der Waals surface area contributed by atoms with E-state index in [1.165, 1.54) is 11.3 Å². The zero-order valence-electron chi connectivity index (χ0n) is 16.5. The normalized spacial score (nSPS) is 16.2. The van der Waals surface area contributed by atoms with Crippen molar-refractivity contribution in [3.63, 3.8) is 0 Å². The molecule has 1 aliphatic heterocycles. The number of aromatic nitrogens is 1. The minimum absolute atomic E-state index is 0.124. The molecular weight excluding hydrogens is 400 g/mol. The monoisotopic (exact) mass is 420 g/mol. The Bertz CT molecular complexity index is 1320. The molecule has 1 aliphatic rings. The molecule has 0 unspecified atom stereocenters. The molecule has 2 heterocycles. The van der Waals surface area contributed by atoms with Gasteiger partial charge in [0.15, 0.2) is 4.80 Å². The molecule has 0 amide bonds. The van der Waals surface area contributed by atoms with Gasteiger partial charge in [-0.3, -0.25) is 9.36 Å². The van der Waals surface area contributed by atoms with Crippen LogP contribution in [-0.4, -0.2) is 22.2 Å². The van der Waals surface area contributed by atoms with Crippen LogP contribution in [0.4, 0.5) is 0 Å². The topological polar surface area (TPSA) is 80.9 Å². The number of benzene rings is 2. The predicted molar refractivity (Wildman–Crippen MR) is 115 cm³/mol. The highest BCUT2D eigenvalue weighted by molar-refractivity contribution is 7.07. The maximum Gasteiger partial charge on any atom is 0.338 e. The van der Waals surface area contributed by atoms with Crippen LogP contribution in [-0.2, 0) is 9.53 Å². The Labute approximate surface area is 176 Å². The standard InChI is InChI=1S/C23H20N2O4S/c1-3-29-22(28)19-14(2)24-23-25(20(19)16-9-5-4-6-10-16)21(27)18(30-23)13-15-8-7-11-17(26)12-15/h4-13,20,26H,3H2,1-2H3/b18-13+/t20-/m1/s1. The third-order valence-electron chi connectivity index (χ3n) is 4.80. The van der Waals surface area contributed by atoms with E-state index in [2.05, 4.69) is 4.99 Å². The van der Waals surface area contributed by atoms with Crippen LogP contribution in [0.1, 0.15) is 31.0 Å². The summed E-state index contributed by atoms with van der Waals surface area (Å²) in [5.41, 5.74) is 2.16. The second-order valence-electron chi connectivity index (χ2n) is 6.81. The minimum Gasteiger partial charge on any atom is -0.508 e. The fourth-order valence-corrected chi connectivity index (χ4v) is 4.55. The zero-order valence-corrected chi connectivity index (χ0v) is 17.3. The van der Waals surface area contributed by atoms with Crippen LogP contribution in [0.25, 0.3) is 6.08 Å². The van der Waals surface area contributed by atoms with E-state index in [0.717, 1.165) is 5.56 Å². The smallest absolute Gasteiger partial charge is 0.338 e. The van der Waals surface area contributed by atoms with Gasteiger partial charge in [-0.1, -0.05) is 53.8 Å². The predicted octanol–water partition coefficient (Wildman–Crippen LogP) is 2.50. The van der Waals surface area contributed by atoms with Gasteiger partial charge in [-0.2, -0.15) is 0 Å². The average Bonchev–Trinajstić information content (AvgIpc) is 3.02. The highest BCUT2D eigenvalue weighted by Crippen LogP contribution is 2.30. The summed E-state index contributed by atoms with van der Waals surface area (Å²) < 4.78 is 7.29. The fourth-order valence-electron chi connectivity index (χ4n) is 3.51. The molecule has 0 aliphatic carbocycles. The SMILES string of the molecule is CCOC(=O)C1=C(C)N=c2s/c(=C/c3cccc(O)c3)c(=O)n2[C@@H]1c1ccccc1. The summed E-state index contributed by atoms with van der Waals surface area (Å²) in [5, 5.41) is 9.72. The van der Waals surface area contributed by atoms with Gasteiger partial charge < -0.3 is 9.84 Å². The summed E-state index contributed by atoms with van der Waals surface area (Å²) in [7, 11) is 0. The van der Waals surface area contributed by atoms with Gasteiger partial charge in [0.1, 0.15) is 5.75 Å². The number of nitrogens with zero attached hydrogens (tertiary/aromatic N) is 2. The van der Waals surface area contributed by atoms with Crippen molar-refractivity contribution in [3.8, 4) is 5.75 Å². The Morgan fingerprint density at radius 1 is 1.23 bits per heavy atom. The Morgan fingerprint density at radius 2 is 2.00 bits per heavy atom. The van der Waals surface area contributed by atoms with Crippen LogP contribution >= 0.6 is 11.3 Å². The number of aromatic hydroxyl groups is 1. The molecule has 7 heteroatoms. The van der Waals surface area contributed by atoms with Crippen LogP contribution in [0, 0.1) is 0 Å². The molecule has 3 aromatic rings. The second kappa shape index (κ2) is 8.12. The number of carbonyl (C=O) groups is 1. The highest BCUT2D eigenvalue weighted by atomic mass is 32.1. The summed E-state index contributed by atoms with van der Waals surface area (Å²) >= 11 is 1.25. The van der Waals surface area contributed by atoms with Gasteiger partial charge in [0.2, 0.25) is 0 Å². The lowest BCUT2D eigenvalue weighted by Gasteiger charge is -2.24. The van der Waals surface area contributed by atoms with Gasteiger partial charge in [0, 0.05) is 0 Å². The van der Waals surface area contributed by atoms with Gasteiger partial charge in [-0.25, -0.2) is 9.79 Å². The van der Waals surface area contributed by atoms with E-state index in [1.54, 1.807) is 42.7 Å². The second-order valence-corrected chi connectivity index (χ2v) is 7.82. The first-order valence-corrected chi connectivity index (χ1v) is 10.3. The summed E-state index contributed by atoms with van der Waals surface area (Å²) in [6.07, 6.45) is 1.72. The minimum atomic E-state index is -0.618. The quantitative estimate of drug-likeness (QED) is 0.658. The average molecular weight is 420 g/mol. The number of allylic oxidation sites excluding steroid dienone is 1. The van der Waals surface area contributed by atoms with Crippen molar-refractivity contribution in [2.75, 3.05) is 6.61 Å². The number of hydrogen-bond acceptors (Lipinski definition) is 6. The van der Waals surface area contributed by atoms with Crippen LogP contribution in [0.3, 0.4) is 0 Å². The Hall–Kier alpha value is -3.45. The van der Waals surface area contributed by atoms with Gasteiger partial charge in [-0.15, -0.1) is 0 Å². The molecule has 6 nitrogen and oxygen atoms in total. The van der Waals surface area contributed by atoms with Crippen LogP contribution in [0.15, 0.2) is 75.7 Å². The maximum atomic E-state index is 13.4. The van der Waals surface area contributed by atoms with Crippen molar-refractivity contribution >= 4 is 23.4 Å². The van der Waals surface area contributed by atoms with Crippen molar-refractivity contribution in [2.24, 2.45) is 4.99 Å². The van der Waals surface area contributed by atoms with Crippen LogP contribution in [0.5, 0.6) is 5.75 Å². The summed E-state index contributed by atoms with van der Waals surface area (Å²) in [6, 6.07) is 15.5. The molecular formula is C23H20N2O4S. The van der Waals surface area contributed by atoms with Gasteiger partial charge in [0.25, 0.3) is 5.56 Å². The fraction of sp³-hybridized carbons (Fsp3) is 0.174. The number of carbonyl (C=O) groups excluding carboxylic acids is 1. The van der Waals surface area contributed by atoms with Crippen LogP contribution in [0.2, 0.25) is 0 Å². The molecule has 1 N–H and O–H groups in total. The number of esters is 1. The lowest BCUT2D eigenvalue weighted by Crippen LogP contribution is -2.39. The number of phenolic OH excluding ortho intramolecular Hbond substituents is 1. The molecule has 4 rings (SSSR count). The van der Waals surface area contributed by atoms with Gasteiger partial charge >= 0.3 is 5.97 Å². The molecule has 0 bridgehead atoms. The molecule has 1 aromatic heterocycles. The van der Waals surface area contributed by atoms with Crippen molar-refractivity contribution in [3.05, 3.63) is 96.7 Å². The Kier molecular flexibility index (Phi) is 5.37. The van der Waals surface area contributed by atoms with Crippen molar-refractivity contribution in [2.45, 2.75) is 19.9 Å². The van der Waals surface area contributed by atoms with E-state index in [1.807, 2.05) is 36.4 Å². The molecule has 0 fully saturated rings. The summed E-state index contributed by atoms with van der Waals surface area (Å²) in [5.74, 6) is -0.353. The molecule has 0 radical (unpaired) electrons. The molecule has 0 spiro atoms. The Morgan fingerprint density at radius 3 is 2.70 bits per heavy atom. The number of phenols is 1. The molecule has 0 saturated heterocycles. The Balaban J connectivity index is 1.96. The molecule has 152 valence electrons. The lowest BCUT2D eigenvalue weighted by molar-refractivity contribution is -0.139. The van der Waals surface area contributed by atoms with Crippen molar-refractivity contribution < 1.29 is 14.6 Å². The molecule has 0 saturated carbocycles. The first-order chi connectivity index (χ1) is 14.5. The van der Waals surface area contributed by atoms with E-state index in [0.29, 0.717) is 26.2 Å². The number of rotatable bonds is 4.